The number of likely N-dealkylation sites (tertiary alicyclic amines) is 1. The van der Waals surface area contributed by atoms with Crippen molar-refractivity contribution in [2.24, 2.45) is 11.3 Å². The first-order chi connectivity index (χ1) is 14.4. The van der Waals surface area contributed by atoms with Crippen molar-refractivity contribution < 1.29 is 19.2 Å². The Morgan fingerprint density at radius 3 is 2.43 bits per heavy atom. The number of carbonyl (C=O) groups is 4. The molecule has 1 spiro atoms. The lowest BCUT2D eigenvalue weighted by atomic mass is 9.65. The van der Waals surface area contributed by atoms with Gasteiger partial charge < -0.3 is 9.69 Å². The summed E-state index contributed by atoms with van der Waals surface area (Å²) in [4.78, 5) is 51.2. The SMILES string of the molecule is O=CC1CCC2(CC1)CCN(C(=O)c1ccc(Br)c(N3CCC(=O)NC3=O)c1)CC2. The van der Waals surface area contributed by atoms with Crippen molar-refractivity contribution in [1.82, 2.24) is 10.2 Å². The number of anilines is 1. The van der Waals surface area contributed by atoms with Gasteiger partial charge in [-0.15, -0.1) is 0 Å². The number of benzene rings is 1. The van der Waals surface area contributed by atoms with Gasteiger partial charge in [0.05, 0.1) is 5.69 Å². The summed E-state index contributed by atoms with van der Waals surface area (Å²) in [5, 5.41) is 2.32. The van der Waals surface area contributed by atoms with Crippen LogP contribution in [0.5, 0.6) is 0 Å². The number of halogens is 1. The zero-order chi connectivity index (χ0) is 21.3. The van der Waals surface area contributed by atoms with Gasteiger partial charge in [0.1, 0.15) is 6.29 Å². The predicted octanol–water partition coefficient (Wildman–Crippen LogP) is 3.51. The minimum Gasteiger partial charge on any atom is -0.339 e. The number of nitrogens with zero attached hydrogens (tertiary/aromatic N) is 2. The molecule has 2 heterocycles. The first-order valence-electron chi connectivity index (χ1n) is 10.6. The Morgan fingerprint density at radius 1 is 1.10 bits per heavy atom. The molecule has 1 saturated carbocycles. The van der Waals surface area contributed by atoms with E-state index in [1.807, 2.05) is 4.90 Å². The number of amides is 4. The van der Waals surface area contributed by atoms with Crippen molar-refractivity contribution in [3.63, 3.8) is 0 Å². The Bertz CT molecular complexity index is 869. The monoisotopic (exact) mass is 475 g/mol. The fraction of sp³-hybridized carbons (Fsp3) is 0.545. The van der Waals surface area contributed by atoms with Crippen LogP contribution in [0.2, 0.25) is 0 Å². The van der Waals surface area contributed by atoms with Crippen molar-refractivity contribution in [3.05, 3.63) is 28.2 Å². The predicted molar refractivity (Wildman–Crippen MR) is 115 cm³/mol. The summed E-state index contributed by atoms with van der Waals surface area (Å²) < 4.78 is 0.702. The fourth-order valence-corrected chi connectivity index (χ4v) is 5.36. The second-order valence-corrected chi connectivity index (χ2v) is 9.54. The van der Waals surface area contributed by atoms with E-state index in [1.54, 1.807) is 18.2 Å². The van der Waals surface area contributed by atoms with E-state index in [9.17, 15) is 19.2 Å². The van der Waals surface area contributed by atoms with Crippen molar-refractivity contribution >= 4 is 45.7 Å². The van der Waals surface area contributed by atoms with E-state index in [-0.39, 0.29) is 36.1 Å². The highest BCUT2D eigenvalue weighted by Gasteiger charge is 2.39. The van der Waals surface area contributed by atoms with Crippen molar-refractivity contribution in [3.8, 4) is 0 Å². The average molecular weight is 476 g/mol. The molecule has 1 aromatic carbocycles. The van der Waals surface area contributed by atoms with Gasteiger partial charge in [0.25, 0.3) is 5.91 Å². The molecule has 1 aliphatic carbocycles. The van der Waals surface area contributed by atoms with Gasteiger partial charge in [-0.05, 0) is 78.1 Å². The summed E-state index contributed by atoms with van der Waals surface area (Å²) in [5.74, 6) is -0.114. The maximum Gasteiger partial charge on any atom is 0.328 e. The molecule has 2 saturated heterocycles. The molecule has 7 nitrogen and oxygen atoms in total. The maximum atomic E-state index is 13.1. The summed E-state index contributed by atoms with van der Waals surface area (Å²) in [7, 11) is 0. The largest absolute Gasteiger partial charge is 0.339 e. The van der Waals surface area contributed by atoms with Crippen LogP contribution >= 0.6 is 15.9 Å². The third-order valence-corrected chi connectivity index (χ3v) is 7.60. The number of nitrogens with one attached hydrogen (secondary N) is 1. The Balaban J connectivity index is 1.44. The Hall–Kier alpha value is -2.22. The molecule has 160 valence electrons. The summed E-state index contributed by atoms with van der Waals surface area (Å²) in [6.07, 6.45) is 7.36. The zero-order valence-corrected chi connectivity index (χ0v) is 18.4. The van der Waals surface area contributed by atoms with Gasteiger partial charge in [0.15, 0.2) is 0 Å². The smallest absolute Gasteiger partial charge is 0.328 e. The molecule has 2 aliphatic heterocycles. The van der Waals surface area contributed by atoms with E-state index in [0.29, 0.717) is 28.8 Å². The highest BCUT2D eigenvalue weighted by molar-refractivity contribution is 9.10. The molecular weight excluding hydrogens is 450 g/mol. The van der Waals surface area contributed by atoms with E-state index in [1.165, 1.54) is 4.90 Å². The number of piperidine rings is 1. The molecule has 0 radical (unpaired) electrons. The van der Waals surface area contributed by atoms with Gasteiger partial charge in [0, 0.05) is 42.0 Å². The van der Waals surface area contributed by atoms with Crippen LogP contribution in [0, 0.1) is 11.3 Å². The van der Waals surface area contributed by atoms with Gasteiger partial charge in [-0.1, -0.05) is 0 Å². The Labute approximate surface area is 184 Å². The van der Waals surface area contributed by atoms with Crippen LogP contribution in [0.4, 0.5) is 10.5 Å². The minimum atomic E-state index is -0.470. The summed E-state index contributed by atoms with van der Waals surface area (Å²) in [6.45, 7) is 1.72. The molecule has 0 aromatic heterocycles. The van der Waals surface area contributed by atoms with Gasteiger partial charge in [0.2, 0.25) is 5.91 Å². The molecule has 8 heteroatoms. The average Bonchev–Trinajstić information content (AvgIpc) is 2.75. The highest BCUT2D eigenvalue weighted by atomic mass is 79.9. The quantitative estimate of drug-likeness (QED) is 0.677. The minimum absolute atomic E-state index is 0.0336. The number of rotatable bonds is 3. The first-order valence-corrected chi connectivity index (χ1v) is 11.4. The third-order valence-electron chi connectivity index (χ3n) is 6.93. The first kappa shape index (κ1) is 21.0. The lowest BCUT2D eigenvalue weighted by Crippen LogP contribution is -2.49. The number of hydrogen-bond acceptors (Lipinski definition) is 4. The molecule has 0 bridgehead atoms. The number of hydrogen-bond donors (Lipinski definition) is 1. The molecule has 3 fully saturated rings. The van der Waals surface area contributed by atoms with E-state index < -0.39 is 6.03 Å². The number of imide groups is 1. The zero-order valence-electron chi connectivity index (χ0n) is 16.9. The van der Waals surface area contributed by atoms with Crippen molar-refractivity contribution in [2.45, 2.75) is 44.9 Å². The van der Waals surface area contributed by atoms with Gasteiger partial charge in [-0.25, -0.2) is 4.79 Å². The van der Waals surface area contributed by atoms with E-state index in [4.69, 9.17) is 0 Å². The van der Waals surface area contributed by atoms with Gasteiger partial charge >= 0.3 is 6.03 Å². The molecule has 4 rings (SSSR count). The standard InChI is InChI=1S/C22H26BrN3O4/c23-17-2-1-16(13-18(17)26-10-5-19(28)24-21(26)30)20(29)25-11-8-22(9-12-25)6-3-15(14-27)4-7-22/h1-2,13-15H,3-12H2,(H,24,28,30). The summed E-state index contributed by atoms with van der Waals surface area (Å²) in [6, 6.07) is 4.80. The lowest BCUT2D eigenvalue weighted by molar-refractivity contribution is -0.120. The number of urea groups is 1. The molecule has 0 atom stereocenters. The molecule has 1 N–H and O–H groups in total. The highest BCUT2D eigenvalue weighted by Crippen LogP contribution is 2.46. The van der Waals surface area contributed by atoms with Crippen molar-refractivity contribution in [2.75, 3.05) is 24.5 Å². The van der Waals surface area contributed by atoms with E-state index in [2.05, 4.69) is 21.2 Å². The van der Waals surface area contributed by atoms with Crippen molar-refractivity contribution in [1.29, 1.82) is 0 Å². The van der Waals surface area contributed by atoms with Crippen LogP contribution in [0.3, 0.4) is 0 Å². The van der Waals surface area contributed by atoms with Crippen LogP contribution in [0.25, 0.3) is 0 Å². The topological polar surface area (TPSA) is 86.8 Å². The molecule has 0 unspecified atom stereocenters. The third kappa shape index (κ3) is 4.15. The number of aldehydes is 1. The Morgan fingerprint density at radius 2 is 1.80 bits per heavy atom. The second kappa shape index (κ2) is 8.49. The molecule has 30 heavy (non-hydrogen) atoms. The summed E-state index contributed by atoms with van der Waals surface area (Å²) in [5.41, 5.74) is 1.41. The lowest BCUT2D eigenvalue weighted by Gasteiger charge is -2.45. The number of carbonyl (C=O) groups excluding carboxylic acids is 4. The van der Waals surface area contributed by atoms with Gasteiger partial charge in [-0.2, -0.15) is 0 Å². The van der Waals surface area contributed by atoms with Crippen LogP contribution in [0.15, 0.2) is 22.7 Å². The molecular formula is C22H26BrN3O4. The second-order valence-electron chi connectivity index (χ2n) is 8.69. The van der Waals surface area contributed by atoms with Gasteiger partial charge in [-0.3, -0.25) is 19.8 Å². The van der Waals surface area contributed by atoms with Crippen LogP contribution in [-0.4, -0.2) is 48.7 Å². The maximum absolute atomic E-state index is 13.1. The normalized spacial score (nSPS) is 22.2. The van der Waals surface area contributed by atoms with E-state index in [0.717, 1.165) is 44.8 Å². The van der Waals surface area contributed by atoms with E-state index >= 15 is 0 Å². The Kier molecular flexibility index (Phi) is 5.95. The van der Waals surface area contributed by atoms with Crippen LogP contribution < -0.4 is 10.2 Å². The fourth-order valence-electron chi connectivity index (χ4n) is 4.90. The molecule has 3 aliphatic rings. The molecule has 1 aromatic rings. The molecule has 4 amide bonds. The van der Waals surface area contributed by atoms with Crippen LogP contribution in [-0.2, 0) is 9.59 Å². The summed E-state index contributed by atoms with van der Waals surface area (Å²) >= 11 is 3.46. The van der Waals surface area contributed by atoms with Crippen LogP contribution in [0.1, 0.15) is 55.3 Å².